The highest BCUT2D eigenvalue weighted by Gasteiger charge is 2.13. The second kappa shape index (κ2) is 7.90. The van der Waals surface area contributed by atoms with Gasteiger partial charge in [-0.1, -0.05) is 19.1 Å². The molecule has 8 heteroatoms. The summed E-state index contributed by atoms with van der Waals surface area (Å²) < 4.78 is 25.3. The third-order valence-corrected chi connectivity index (χ3v) is 4.60. The Kier molecular flexibility index (Phi) is 6.51. The Morgan fingerprint density at radius 2 is 1.82 bits per heavy atom. The monoisotopic (exact) mass is 328 g/mol. The maximum atomic E-state index is 11.6. The van der Waals surface area contributed by atoms with Crippen LogP contribution in [-0.4, -0.2) is 39.0 Å². The zero-order valence-electron chi connectivity index (χ0n) is 12.5. The summed E-state index contributed by atoms with van der Waals surface area (Å²) in [6.07, 6.45) is 0.664. The summed E-state index contributed by atoms with van der Waals surface area (Å²) in [7, 11) is -2.12. The van der Waals surface area contributed by atoms with Crippen molar-refractivity contribution in [2.75, 3.05) is 13.6 Å². The van der Waals surface area contributed by atoms with Crippen LogP contribution < -0.4 is 10.0 Å². The van der Waals surface area contributed by atoms with Crippen LogP contribution in [0.1, 0.15) is 18.9 Å². The van der Waals surface area contributed by atoms with E-state index < -0.39 is 21.9 Å². The first-order valence-electron chi connectivity index (χ1n) is 6.78. The van der Waals surface area contributed by atoms with Crippen LogP contribution in [-0.2, 0) is 26.0 Å². The standard InChI is InChI=1S/C14H20N2O5S/c1-10(14(18)19)9-16-13(17)8-5-11-3-6-12(7-4-11)22(20,21)15-2/h3-4,6-7,10,15H,5,8-9H2,1-2H3,(H,16,17)(H,18,19). The summed E-state index contributed by atoms with van der Waals surface area (Å²) in [4.78, 5) is 22.4. The number of benzene rings is 1. The Morgan fingerprint density at radius 1 is 1.23 bits per heavy atom. The minimum atomic E-state index is -3.46. The summed E-state index contributed by atoms with van der Waals surface area (Å²) >= 11 is 0. The van der Waals surface area contributed by atoms with Gasteiger partial charge in [0.25, 0.3) is 0 Å². The number of aryl methyl sites for hydroxylation is 1. The number of carbonyl (C=O) groups excluding carboxylic acids is 1. The van der Waals surface area contributed by atoms with Gasteiger partial charge in [0.05, 0.1) is 10.8 Å². The molecule has 0 aliphatic rings. The Bertz CT molecular complexity index is 625. The highest BCUT2D eigenvalue weighted by atomic mass is 32.2. The Hall–Kier alpha value is -1.93. The second-order valence-corrected chi connectivity index (χ2v) is 6.78. The number of nitrogens with one attached hydrogen (secondary N) is 2. The molecule has 1 rings (SSSR count). The lowest BCUT2D eigenvalue weighted by Gasteiger charge is -2.08. The molecule has 1 amide bonds. The van der Waals surface area contributed by atoms with Crippen molar-refractivity contribution in [2.24, 2.45) is 5.92 Å². The van der Waals surface area contributed by atoms with E-state index >= 15 is 0 Å². The van der Waals surface area contributed by atoms with Crippen molar-refractivity contribution in [3.63, 3.8) is 0 Å². The van der Waals surface area contributed by atoms with Crippen molar-refractivity contribution in [1.29, 1.82) is 0 Å². The average molecular weight is 328 g/mol. The van der Waals surface area contributed by atoms with Gasteiger partial charge in [0.2, 0.25) is 15.9 Å². The Labute approximate surface area is 129 Å². The van der Waals surface area contributed by atoms with Crippen LogP contribution in [0, 0.1) is 5.92 Å². The van der Waals surface area contributed by atoms with Gasteiger partial charge >= 0.3 is 5.97 Å². The summed E-state index contributed by atoms with van der Waals surface area (Å²) in [6.45, 7) is 1.61. The summed E-state index contributed by atoms with van der Waals surface area (Å²) in [6, 6.07) is 6.26. The number of amides is 1. The van der Waals surface area contributed by atoms with Gasteiger partial charge < -0.3 is 10.4 Å². The second-order valence-electron chi connectivity index (χ2n) is 4.89. The molecule has 0 aliphatic heterocycles. The summed E-state index contributed by atoms with van der Waals surface area (Å²) in [5.41, 5.74) is 0.830. The lowest BCUT2D eigenvalue weighted by atomic mass is 10.1. The molecule has 1 aromatic rings. The van der Waals surface area contributed by atoms with E-state index in [4.69, 9.17) is 5.11 Å². The molecular formula is C14H20N2O5S. The number of carboxylic acid groups (broad SMARTS) is 1. The zero-order valence-corrected chi connectivity index (χ0v) is 13.3. The Morgan fingerprint density at radius 3 is 2.32 bits per heavy atom. The van der Waals surface area contributed by atoms with Gasteiger partial charge in [0, 0.05) is 13.0 Å². The predicted octanol–water partition coefficient (Wildman–Crippen LogP) is 0.364. The highest BCUT2D eigenvalue weighted by Crippen LogP contribution is 2.11. The van der Waals surface area contributed by atoms with Gasteiger partial charge in [-0.05, 0) is 31.2 Å². The van der Waals surface area contributed by atoms with Crippen molar-refractivity contribution in [3.8, 4) is 0 Å². The maximum absolute atomic E-state index is 11.6. The number of rotatable bonds is 8. The first-order chi connectivity index (χ1) is 10.3. The average Bonchev–Trinajstić information content (AvgIpc) is 2.50. The third-order valence-electron chi connectivity index (χ3n) is 3.17. The Balaban J connectivity index is 2.48. The smallest absolute Gasteiger partial charge is 0.308 e. The molecule has 0 fully saturated rings. The fourth-order valence-electron chi connectivity index (χ4n) is 1.65. The summed E-state index contributed by atoms with van der Waals surface area (Å²) in [5, 5.41) is 11.3. The number of hydrogen-bond acceptors (Lipinski definition) is 4. The van der Waals surface area contributed by atoms with Crippen LogP contribution in [0.3, 0.4) is 0 Å². The molecule has 0 aromatic heterocycles. The molecule has 22 heavy (non-hydrogen) atoms. The van der Waals surface area contributed by atoms with Crippen LogP contribution in [0.5, 0.6) is 0 Å². The van der Waals surface area contributed by atoms with Crippen LogP contribution in [0.2, 0.25) is 0 Å². The van der Waals surface area contributed by atoms with Crippen molar-refractivity contribution in [1.82, 2.24) is 10.0 Å². The number of hydrogen-bond donors (Lipinski definition) is 3. The van der Waals surface area contributed by atoms with Crippen molar-refractivity contribution in [2.45, 2.75) is 24.7 Å². The summed E-state index contributed by atoms with van der Waals surface area (Å²) in [5.74, 6) is -1.82. The van der Waals surface area contributed by atoms with Crippen LogP contribution in [0.25, 0.3) is 0 Å². The SMILES string of the molecule is CNS(=O)(=O)c1ccc(CCC(=O)NCC(C)C(=O)O)cc1. The largest absolute Gasteiger partial charge is 0.481 e. The molecule has 122 valence electrons. The van der Waals surface area contributed by atoms with E-state index in [1.807, 2.05) is 0 Å². The lowest BCUT2D eigenvalue weighted by Crippen LogP contribution is -2.31. The topological polar surface area (TPSA) is 113 Å². The molecule has 0 heterocycles. The minimum absolute atomic E-state index is 0.0908. The molecule has 0 radical (unpaired) electrons. The van der Waals surface area contributed by atoms with E-state index in [1.54, 1.807) is 12.1 Å². The first kappa shape index (κ1) is 18.1. The molecular weight excluding hydrogens is 308 g/mol. The number of sulfonamides is 1. The van der Waals surface area contributed by atoms with E-state index in [1.165, 1.54) is 26.1 Å². The zero-order chi connectivity index (χ0) is 16.8. The van der Waals surface area contributed by atoms with Gasteiger partial charge in [-0.15, -0.1) is 0 Å². The molecule has 7 nitrogen and oxygen atoms in total. The fourth-order valence-corrected chi connectivity index (χ4v) is 2.38. The highest BCUT2D eigenvalue weighted by molar-refractivity contribution is 7.89. The molecule has 1 aromatic carbocycles. The number of carbonyl (C=O) groups is 2. The van der Waals surface area contributed by atoms with Gasteiger partial charge in [0.1, 0.15) is 0 Å². The van der Waals surface area contributed by atoms with Crippen molar-refractivity contribution >= 4 is 21.9 Å². The molecule has 3 N–H and O–H groups in total. The van der Waals surface area contributed by atoms with Gasteiger partial charge in [-0.3, -0.25) is 9.59 Å². The van der Waals surface area contributed by atoms with Crippen LogP contribution >= 0.6 is 0 Å². The molecule has 0 saturated carbocycles. The lowest BCUT2D eigenvalue weighted by molar-refractivity contribution is -0.141. The van der Waals surface area contributed by atoms with Crippen molar-refractivity contribution in [3.05, 3.63) is 29.8 Å². The fraction of sp³-hybridized carbons (Fsp3) is 0.429. The van der Waals surface area contributed by atoms with E-state index in [0.717, 1.165) is 5.56 Å². The molecule has 1 atom stereocenters. The van der Waals surface area contributed by atoms with E-state index in [2.05, 4.69) is 10.0 Å². The first-order valence-corrected chi connectivity index (χ1v) is 8.26. The maximum Gasteiger partial charge on any atom is 0.308 e. The quantitative estimate of drug-likeness (QED) is 0.638. The molecule has 1 unspecified atom stereocenters. The van der Waals surface area contributed by atoms with Crippen LogP contribution in [0.15, 0.2) is 29.2 Å². The molecule has 0 bridgehead atoms. The normalized spacial score (nSPS) is 12.6. The molecule has 0 saturated heterocycles. The van der Waals surface area contributed by atoms with E-state index in [9.17, 15) is 18.0 Å². The third kappa shape index (κ3) is 5.45. The van der Waals surface area contributed by atoms with E-state index in [-0.39, 0.29) is 23.8 Å². The predicted molar refractivity (Wildman–Crippen MR) is 80.8 cm³/mol. The number of carboxylic acids is 1. The molecule has 0 spiro atoms. The molecule has 0 aliphatic carbocycles. The van der Waals surface area contributed by atoms with Gasteiger partial charge in [-0.2, -0.15) is 0 Å². The number of aliphatic carboxylic acids is 1. The van der Waals surface area contributed by atoms with E-state index in [0.29, 0.717) is 6.42 Å². The van der Waals surface area contributed by atoms with Crippen molar-refractivity contribution < 1.29 is 23.1 Å². The van der Waals surface area contributed by atoms with Gasteiger partial charge in [-0.25, -0.2) is 13.1 Å². The minimum Gasteiger partial charge on any atom is -0.481 e. The van der Waals surface area contributed by atoms with Gasteiger partial charge in [0.15, 0.2) is 0 Å². The van der Waals surface area contributed by atoms with Crippen LogP contribution in [0.4, 0.5) is 0 Å².